The molecule has 2 N–H and O–H groups in total. The predicted octanol–water partition coefficient (Wildman–Crippen LogP) is 3.93. The third-order valence-electron chi connectivity index (χ3n) is 7.03. The summed E-state index contributed by atoms with van der Waals surface area (Å²) in [5.41, 5.74) is 2.82. The third kappa shape index (κ3) is 7.02. The van der Waals surface area contributed by atoms with Gasteiger partial charge in [0.05, 0.1) is 18.8 Å². The van der Waals surface area contributed by atoms with Gasteiger partial charge in [0.15, 0.2) is 11.2 Å². The number of aromatic nitrogens is 6. The summed E-state index contributed by atoms with van der Waals surface area (Å²) in [7, 11) is 1.76. The van der Waals surface area contributed by atoms with E-state index >= 15 is 0 Å². The fraction of sp³-hybridized carbons (Fsp3) is 0.250. The van der Waals surface area contributed by atoms with Crippen LogP contribution < -0.4 is 21.1 Å². The molecule has 5 aromatic rings. The molecule has 13 heteroatoms. The molecule has 0 saturated heterocycles. The van der Waals surface area contributed by atoms with Crippen molar-refractivity contribution in [3.8, 4) is 11.9 Å². The SMILES string of the molecule is Cc1cn(C(C)C)c(=O)nc1NC(=O)c1ccc(C(C#N)COc2nc(NC(=O)Cc3ccccc3)nc3c2ncn3C)cc1. The lowest BCUT2D eigenvalue weighted by Crippen LogP contribution is -2.27. The molecule has 5 rings (SSSR count). The Morgan fingerprint density at radius 2 is 1.76 bits per heavy atom. The molecule has 1 unspecified atom stereocenters. The summed E-state index contributed by atoms with van der Waals surface area (Å²) in [5.74, 6) is -1.08. The van der Waals surface area contributed by atoms with Crippen LogP contribution >= 0.6 is 0 Å². The Morgan fingerprint density at radius 3 is 2.44 bits per heavy atom. The molecule has 0 bridgehead atoms. The molecule has 228 valence electrons. The molecule has 0 saturated carbocycles. The number of nitrogens with one attached hydrogen (secondary N) is 2. The summed E-state index contributed by atoms with van der Waals surface area (Å²) in [6.45, 7) is 5.44. The molecule has 0 aliphatic carbocycles. The zero-order chi connectivity index (χ0) is 32.1. The molecule has 0 aliphatic rings. The van der Waals surface area contributed by atoms with Gasteiger partial charge in [-0.2, -0.15) is 20.2 Å². The highest BCUT2D eigenvalue weighted by atomic mass is 16.5. The number of hydrogen-bond acceptors (Lipinski definition) is 9. The van der Waals surface area contributed by atoms with Gasteiger partial charge >= 0.3 is 5.69 Å². The van der Waals surface area contributed by atoms with Gasteiger partial charge < -0.3 is 14.6 Å². The summed E-state index contributed by atoms with van der Waals surface area (Å²) in [5, 5.41) is 15.3. The molecule has 0 aliphatic heterocycles. The van der Waals surface area contributed by atoms with E-state index in [1.54, 1.807) is 55.3 Å². The van der Waals surface area contributed by atoms with Crippen LogP contribution in [0.1, 0.15) is 52.9 Å². The van der Waals surface area contributed by atoms with Gasteiger partial charge in [0, 0.05) is 30.4 Å². The molecule has 2 amide bonds. The van der Waals surface area contributed by atoms with Gasteiger partial charge in [-0.15, -0.1) is 0 Å². The van der Waals surface area contributed by atoms with Crippen molar-refractivity contribution in [1.29, 1.82) is 5.26 Å². The Kier molecular flexibility index (Phi) is 8.94. The Morgan fingerprint density at radius 1 is 1.02 bits per heavy atom. The highest BCUT2D eigenvalue weighted by Gasteiger charge is 2.19. The lowest BCUT2D eigenvalue weighted by atomic mass is 10.00. The van der Waals surface area contributed by atoms with Crippen molar-refractivity contribution in [3.05, 3.63) is 99.9 Å². The summed E-state index contributed by atoms with van der Waals surface area (Å²) < 4.78 is 9.14. The van der Waals surface area contributed by atoms with E-state index in [2.05, 4.69) is 36.6 Å². The van der Waals surface area contributed by atoms with Gasteiger partial charge in [-0.05, 0) is 44.0 Å². The second-order valence-corrected chi connectivity index (χ2v) is 10.7. The van der Waals surface area contributed by atoms with E-state index in [9.17, 15) is 19.6 Å². The van der Waals surface area contributed by atoms with Crippen LogP contribution in [0.3, 0.4) is 0 Å². The molecule has 1 atom stereocenters. The van der Waals surface area contributed by atoms with Crippen LogP contribution in [-0.2, 0) is 18.3 Å². The van der Waals surface area contributed by atoms with Crippen LogP contribution in [0.15, 0.2) is 71.9 Å². The molecule has 0 radical (unpaired) electrons. The first-order valence-corrected chi connectivity index (χ1v) is 14.2. The van der Waals surface area contributed by atoms with Gasteiger partial charge in [-0.25, -0.2) is 9.78 Å². The van der Waals surface area contributed by atoms with E-state index in [4.69, 9.17) is 4.74 Å². The summed E-state index contributed by atoms with van der Waals surface area (Å²) in [4.78, 5) is 55.0. The van der Waals surface area contributed by atoms with Crippen LogP contribution in [0.5, 0.6) is 5.88 Å². The number of rotatable bonds is 10. The van der Waals surface area contributed by atoms with Gasteiger partial charge in [0.2, 0.25) is 17.7 Å². The molecule has 0 fully saturated rings. The van der Waals surface area contributed by atoms with Gasteiger partial charge in [0.25, 0.3) is 5.91 Å². The second kappa shape index (κ2) is 13.2. The van der Waals surface area contributed by atoms with Crippen LogP contribution in [0.4, 0.5) is 11.8 Å². The number of nitrogens with zero attached hydrogens (tertiary/aromatic N) is 7. The number of hydrogen-bond donors (Lipinski definition) is 2. The lowest BCUT2D eigenvalue weighted by molar-refractivity contribution is -0.115. The quantitative estimate of drug-likeness (QED) is 0.239. The molecule has 2 aromatic carbocycles. The number of amides is 2. The Bertz CT molecular complexity index is 1960. The number of ether oxygens (including phenoxy) is 1. The average Bonchev–Trinajstić information content (AvgIpc) is 3.39. The van der Waals surface area contributed by atoms with E-state index < -0.39 is 17.5 Å². The second-order valence-electron chi connectivity index (χ2n) is 10.7. The minimum Gasteiger partial charge on any atom is -0.474 e. The van der Waals surface area contributed by atoms with E-state index in [0.717, 1.165) is 5.56 Å². The largest absolute Gasteiger partial charge is 0.474 e. The van der Waals surface area contributed by atoms with Crippen molar-refractivity contribution >= 4 is 34.7 Å². The monoisotopic (exact) mass is 605 g/mol. The third-order valence-corrected chi connectivity index (χ3v) is 7.03. The fourth-order valence-electron chi connectivity index (χ4n) is 4.57. The van der Waals surface area contributed by atoms with Crippen molar-refractivity contribution in [2.75, 3.05) is 17.2 Å². The zero-order valence-electron chi connectivity index (χ0n) is 25.2. The van der Waals surface area contributed by atoms with Gasteiger partial charge in [0.1, 0.15) is 18.3 Å². The van der Waals surface area contributed by atoms with Crippen molar-refractivity contribution in [2.45, 2.75) is 39.2 Å². The summed E-state index contributed by atoms with van der Waals surface area (Å²) in [6, 6.07) is 18.0. The van der Waals surface area contributed by atoms with Crippen LogP contribution in [0.2, 0.25) is 0 Å². The van der Waals surface area contributed by atoms with E-state index in [1.165, 1.54) is 4.57 Å². The van der Waals surface area contributed by atoms with Crippen LogP contribution in [0.25, 0.3) is 11.2 Å². The minimum atomic E-state index is -0.709. The van der Waals surface area contributed by atoms with Crippen molar-refractivity contribution in [2.24, 2.45) is 7.05 Å². The smallest absolute Gasteiger partial charge is 0.349 e. The first kappa shape index (κ1) is 30.6. The number of fused-ring (bicyclic) bond motifs is 1. The Hall–Kier alpha value is -5.90. The van der Waals surface area contributed by atoms with Gasteiger partial charge in [-0.1, -0.05) is 42.5 Å². The first-order valence-electron chi connectivity index (χ1n) is 14.2. The number of aryl methyl sites for hydroxylation is 2. The summed E-state index contributed by atoms with van der Waals surface area (Å²) >= 11 is 0. The van der Waals surface area contributed by atoms with Crippen LogP contribution in [0, 0.1) is 18.3 Å². The number of carbonyl (C=O) groups excluding carboxylic acids is 2. The van der Waals surface area contributed by atoms with Gasteiger partial charge in [-0.3, -0.25) is 19.5 Å². The Balaban J connectivity index is 1.28. The average molecular weight is 606 g/mol. The lowest BCUT2D eigenvalue weighted by Gasteiger charge is -2.14. The van der Waals surface area contributed by atoms with E-state index in [1.807, 2.05) is 44.2 Å². The molecule has 3 aromatic heterocycles. The molecule has 45 heavy (non-hydrogen) atoms. The highest BCUT2D eigenvalue weighted by molar-refractivity contribution is 6.04. The zero-order valence-corrected chi connectivity index (χ0v) is 25.2. The topological polar surface area (TPSA) is 170 Å². The first-order chi connectivity index (χ1) is 21.6. The molecule has 3 heterocycles. The maximum Gasteiger partial charge on any atom is 0.349 e. The van der Waals surface area contributed by atoms with E-state index in [0.29, 0.717) is 27.9 Å². The predicted molar refractivity (Wildman–Crippen MR) is 167 cm³/mol. The number of nitriles is 1. The number of imidazole rings is 1. The molecular formula is C32H31N9O4. The maximum atomic E-state index is 12.9. The molecular weight excluding hydrogens is 574 g/mol. The van der Waals surface area contributed by atoms with Crippen molar-refractivity contribution < 1.29 is 14.3 Å². The maximum absolute atomic E-state index is 12.9. The van der Waals surface area contributed by atoms with Crippen molar-refractivity contribution in [3.63, 3.8) is 0 Å². The normalized spacial score (nSPS) is 11.6. The fourth-order valence-corrected chi connectivity index (χ4v) is 4.57. The molecule has 0 spiro atoms. The summed E-state index contributed by atoms with van der Waals surface area (Å²) in [6.07, 6.45) is 3.36. The van der Waals surface area contributed by atoms with E-state index in [-0.39, 0.29) is 42.6 Å². The number of anilines is 2. The minimum absolute atomic E-state index is 0.0529. The number of carbonyl (C=O) groups is 2. The Labute approximate surface area is 258 Å². The van der Waals surface area contributed by atoms with Crippen molar-refractivity contribution in [1.82, 2.24) is 29.1 Å². The van der Waals surface area contributed by atoms with Crippen LogP contribution in [-0.4, -0.2) is 47.5 Å². The number of benzene rings is 2. The highest BCUT2D eigenvalue weighted by Crippen LogP contribution is 2.25. The standard InChI is InChI=1S/C32H31N9O4/c1-19(2)41-16-20(3)27(37-32(41)44)36-29(43)23-12-10-22(11-13-23)24(15-33)17-45-30-26-28(40(4)18-34-26)38-31(39-30)35-25(42)14-21-8-6-5-7-9-21/h5-13,16,18-19,24H,14,17H2,1-4H3,(H,35,38,39,42)(H,36,37,43,44). The molecule has 13 nitrogen and oxygen atoms in total.